The molecule has 0 saturated carbocycles. The van der Waals surface area contributed by atoms with E-state index in [0.717, 1.165) is 0 Å². The Morgan fingerprint density at radius 3 is 1.94 bits per heavy atom. The number of carbonyl (C=O) groups is 4. The molecule has 0 aliphatic carbocycles. The number of hydrogen-bond acceptors (Lipinski definition) is 7. The monoisotopic (exact) mass is 271 g/mol. The van der Waals surface area contributed by atoms with Crippen molar-refractivity contribution in [2.75, 3.05) is 0 Å². The van der Waals surface area contributed by atoms with Gasteiger partial charge in [-0.15, -0.1) is 0 Å². The predicted octanol–water partition coefficient (Wildman–Crippen LogP) is -6.07. The maximum absolute atomic E-state index is 11.1. The van der Waals surface area contributed by atoms with E-state index >= 15 is 0 Å². The molecular weight excluding hydrogens is 261 g/mol. The summed E-state index contributed by atoms with van der Waals surface area (Å²) in [4.78, 5) is 41.9. The first-order valence-corrected chi connectivity index (χ1v) is 4.37. The second-order valence-corrected chi connectivity index (χ2v) is 3.01. The van der Waals surface area contributed by atoms with Crippen LogP contribution in [0.1, 0.15) is 12.8 Å². The Hall–Kier alpha value is -1.16. The Kier molecular flexibility index (Phi) is 9.45. The second-order valence-electron chi connectivity index (χ2n) is 3.01. The van der Waals surface area contributed by atoms with Crippen LogP contribution in [0.4, 0.5) is 0 Å². The van der Waals surface area contributed by atoms with E-state index in [4.69, 9.17) is 15.9 Å². The Balaban J connectivity index is 0. The topological polar surface area (TPSA) is 167 Å². The van der Waals surface area contributed by atoms with E-state index < -0.39 is 42.4 Å². The summed E-state index contributed by atoms with van der Waals surface area (Å²) in [7, 11) is 0. The van der Waals surface area contributed by atoms with Crippen molar-refractivity contribution >= 4 is 23.9 Å². The molecule has 0 amide bonds. The van der Waals surface area contributed by atoms with E-state index in [1.807, 2.05) is 0 Å². The zero-order valence-electron chi connectivity index (χ0n) is 9.49. The first kappa shape index (κ1) is 19.2. The van der Waals surface area contributed by atoms with E-state index in [2.05, 4.69) is 4.74 Å². The number of aliphatic carboxylic acids is 3. The average Bonchev–Trinajstić information content (AvgIpc) is 2.20. The van der Waals surface area contributed by atoms with E-state index in [1.165, 1.54) is 0 Å². The van der Waals surface area contributed by atoms with Crippen LogP contribution in [0.2, 0.25) is 0 Å². The average molecular weight is 271 g/mol. The number of nitrogens with two attached hydrogens (primary N) is 1. The van der Waals surface area contributed by atoms with E-state index in [0.29, 0.717) is 0 Å². The van der Waals surface area contributed by atoms with Gasteiger partial charge in [0.1, 0.15) is 6.04 Å². The molecule has 0 rings (SSSR count). The van der Waals surface area contributed by atoms with Crippen molar-refractivity contribution in [2.24, 2.45) is 5.73 Å². The van der Waals surface area contributed by atoms with Crippen LogP contribution in [0.5, 0.6) is 0 Å². The van der Waals surface area contributed by atoms with Crippen LogP contribution in [0, 0.1) is 0 Å². The van der Waals surface area contributed by atoms with Gasteiger partial charge in [-0.3, -0.25) is 4.79 Å². The Bertz CT molecular complexity index is 330. The van der Waals surface area contributed by atoms with Crippen LogP contribution < -0.4 is 40.4 Å². The van der Waals surface area contributed by atoms with Gasteiger partial charge in [0.05, 0.1) is 0 Å². The number of rotatable bonds is 7. The smallest absolute Gasteiger partial charge is 0.550 e. The summed E-state index contributed by atoms with van der Waals surface area (Å²) in [6.45, 7) is 0. The fraction of sp³-hybridized carbons (Fsp3) is 0.500. The molecule has 0 bridgehead atoms. The van der Waals surface area contributed by atoms with Crippen molar-refractivity contribution in [3.8, 4) is 0 Å². The minimum absolute atomic E-state index is 0. The van der Waals surface area contributed by atoms with Gasteiger partial charge in [-0.25, -0.2) is 9.59 Å². The fourth-order valence-electron chi connectivity index (χ4n) is 0.801. The summed E-state index contributed by atoms with van der Waals surface area (Å²) in [5.74, 6) is -6.47. The van der Waals surface area contributed by atoms with Gasteiger partial charge in [0.25, 0.3) is 6.10 Å². The summed E-state index contributed by atoms with van der Waals surface area (Å²) < 4.78 is 4.09. The van der Waals surface area contributed by atoms with Gasteiger partial charge in [-0.05, 0) is 12.8 Å². The van der Waals surface area contributed by atoms with Crippen LogP contribution in [-0.2, 0) is 23.9 Å². The first-order valence-electron chi connectivity index (χ1n) is 4.37. The van der Waals surface area contributed by atoms with Gasteiger partial charge in [-0.1, -0.05) is 0 Å². The normalized spacial score (nSPS) is 11.2. The molecule has 0 aliphatic heterocycles. The van der Waals surface area contributed by atoms with E-state index in [9.17, 15) is 24.3 Å². The van der Waals surface area contributed by atoms with Crippen LogP contribution >= 0.6 is 0 Å². The molecule has 0 spiro atoms. The van der Waals surface area contributed by atoms with Crippen molar-refractivity contribution in [2.45, 2.75) is 25.0 Å². The molecule has 0 aromatic rings. The fourth-order valence-corrected chi connectivity index (χ4v) is 0.801. The number of esters is 1. The maximum atomic E-state index is 11.1. The second kappa shape index (κ2) is 8.86. The summed E-state index contributed by atoms with van der Waals surface area (Å²) in [6, 6.07) is -1.42. The summed E-state index contributed by atoms with van der Waals surface area (Å²) >= 11 is 0. The van der Waals surface area contributed by atoms with Crippen LogP contribution in [-0.4, -0.2) is 46.2 Å². The molecule has 10 heteroatoms. The Morgan fingerprint density at radius 1 is 1.17 bits per heavy atom. The SMILES string of the molecule is N[C@@H](CCC(=O)[O-])C(=O)OC(C(=O)O)C(=O)O.[Na+]. The van der Waals surface area contributed by atoms with Gasteiger partial charge in [-0.2, -0.15) is 0 Å². The number of hydrogen-bond donors (Lipinski definition) is 3. The standard InChI is InChI=1S/C8H11NO8.Na/c9-3(1-2-4(10)11)8(16)17-5(6(12)13)7(14)15;/h3,5H,1-2,9H2,(H,10,11)(H,12,13)(H,14,15);/q;+1/p-1/t3-;/m0./s1. The quantitative estimate of drug-likeness (QED) is 0.232. The number of ether oxygens (including phenoxy) is 1. The molecule has 0 aliphatic rings. The largest absolute Gasteiger partial charge is 1.00 e. The summed E-state index contributed by atoms with van der Waals surface area (Å²) in [5.41, 5.74) is 5.16. The van der Waals surface area contributed by atoms with Gasteiger partial charge in [0.15, 0.2) is 0 Å². The molecule has 0 unspecified atom stereocenters. The van der Waals surface area contributed by atoms with Crippen molar-refractivity contribution < 1.29 is 68.8 Å². The molecule has 0 aromatic heterocycles. The molecule has 0 saturated heterocycles. The van der Waals surface area contributed by atoms with Crippen molar-refractivity contribution in [1.29, 1.82) is 0 Å². The third-order valence-electron chi connectivity index (χ3n) is 1.64. The zero-order valence-corrected chi connectivity index (χ0v) is 11.5. The van der Waals surface area contributed by atoms with Crippen molar-refractivity contribution in [3.05, 3.63) is 0 Å². The minimum Gasteiger partial charge on any atom is -0.550 e. The third kappa shape index (κ3) is 7.22. The number of carboxylic acids is 3. The molecule has 0 fully saturated rings. The molecule has 0 aromatic carbocycles. The van der Waals surface area contributed by atoms with E-state index in [-0.39, 0.29) is 36.0 Å². The zero-order chi connectivity index (χ0) is 13.6. The van der Waals surface area contributed by atoms with Crippen molar-refractivity contribution in [1.82, 2.24) is 0 Å². The molecular formula is C8H10NNaO8. The van der Waals surface area contributed by atoms with Gasteiger partial charge >= 0.3 is 47.5 Å². The first-order chi connectivity index (χ1) is 7.75. The molecule has 1 atom stereocenters. The Morgan fingerprint density at radius 2 is 1.61 bits per heavy atom. The van der Waals surface area contributed by atoms with Crippen LogP contribution in [0.15, 0.2) is 0 Å². The van der Waals surface area contributed by atoms with Gasteiger partial charge in [0, 0.05) is 5.97 Å². The summed E-state index contributed by atoms with van der Waals surface area (Å²) in [6.07, 6.45) is -3.23. The van der Waals surface area contributed by atoms with Gasteiger partial charge < -0.3 is 30.6 Å². The third-order valence-corrected chi connectivity index (χ3v) is 1.64. The predicted molar refractivity (Wildman–Crippen MR) is 47.4 cm³/mol. The molecule has 4 N–H and O–H groups in total. The number of carbonyl (C=O) groups excluding carboxylic acids is 2. The Labute approximate surface area is 123 Å². The van der Waals surface area contributed by atoms with Gasteiger partial charge in [0.2, 0.25) is 0 Å². The maximum Gasteiger partial charge on any atom is 1.00 e. The molecule has 96 valence electrons. The minimum atomic E-state index is -2.36. The molecule has 0 radical (unpaired) electrons. The van der Waals surface area contributed by atoms with Crippen molar-refractivity contribution in [3.63, 3.8) is 0 Å². The van der Waals surface area contributed by atoms with Crippen LogP contribution in [0.3, 0.4) is 0 Å². The summed E-state index contributed by atoms with van der Waals surface area (Å²) in [5, 5.41) is 26.8. The van der Waals surface area contributed by atoms with Crippen LogP contribution in [0.25, 0.3) is 0 Å². The molecule has 9 nitrogen and oxygen atoms in total. The van der Waals surface area contributed by atoms with E-state index in [1.54, 1.807) is 0 Å². The number of carboxylic acid groups (broad SMARTS) is 3. The molecule has 0 heterocycles. The molecule has 18 heavy (non-hydrogen) atoms.